The van der Waals surface area contributed by atoms with Crippen LogP contribution in [0.2, 0.25) is 0 Å². The summed E-state index contributed by atoms with van der Waals surface area (Å²) >= 11 is 1.42. The Bertz CT molecular complexity index is 1000. The van der Waals surface area contributed by atoms with Crippen LogP contribution in [-0.2, 0) is 17.1 Å². The fraction of sp³-hybridized carbons (Fsp3) is 0.125. The number of aryl methyl sites for hydroxylation is 2. The molecule has 0 fully saturated rings. The third-order valence-corrected chi connectivity index (χ3v) is 6.01. The van der Waals surface area contributed by atoms with Gasteiger partial charge >= 0.3 is 0 Å². The maximum Gasteiger partial charge on any atom is 0.262 e. The minimum absolute atomic E-state index is 0.0476. The Labute approximate surface area is 149 Å². The molecule has 1 aromatic heterocycles. The molecule has 0 aliphatic rings. The van der Waals surface area contributed by atoms with Crippen LogP contribution >= 0.6 is 11.8 Å². The van der Waals surface area contributed by atoms with Gasteiger partial charge in [-0.15, -0.1) is 10.2 Å². The molecule has 0 atom stereocenters. The van der Waals surface area contributed by atoms with Crippen molar-refractivity contribution in [3.8, 4) is 0 Å². The normalized spacial score (nSPS) is 11.5. The first kappa shape index (κ1) is 17.4. The van der Waals surface area contributed by atoms with Crippen LogP contribution in [-0.4, -0.2) is 23.2 Å². The molecule has 0 saturated heterocycles. The molecule has 0 bridgehead atoms. The van der Waals surface area contributed by atoms with E-state index in [9.17, 15) is 12.8 Å². The van der Waals surface area contributed by atoms with Gasteiger partial charge in [-0.05, 0) is 66.7 Å². The lowest BCUT2D eigenvalue weighted by Crippen LogP contribution is -2.14. The highest BCUT2D eigenvalue weighted by atomic mass is 32.2. The largest absolute Gasteiger partial charge is 0.311 e. The van der Waals surface area contributed by atoms with Crippen LogP contribution < -0.4 is 4.72 Å². The average molecular weight is 378 g/mol. The molecular weight excluding hydrogens is 363 g/mol. The van der Waals surface area contributed by atoms with Gasteiger partial charge in [0.1, 0.15) is 12.1 Å². The van der Waals surface area contributed by atoms with E-state index in [1.807, 2.05) is 7.05 Å². The number of rotatable bonds is 5. The summed E-state index contributed by atoms with van der Waals surface area (Å²) in [5, 5.41) is 8.52. The smallest absolute Gasteiger partial charge is 0.262 e. The van der Waals surface area contributed by atoms with Crippen LogP contribution in [0, 0.1) is 12.7 Å². The SMILES string of the molecule is Cc1cc(F)ccc1S(=O)(=O)Nc1ccc(Sc2nncn2C)cc1. The van der Waals surface area contributed by atoms with E-state index in [2.05, 4.69) is 14.9 Å². The molecule has 130 valence electrons. The molecule has 0 amide bonds. The van der Waals surface area contributed by atoms with Crippen LogP contribution in [0.15, 0.2) is 63.7 Å². The van der Waals surface area contributed by atoms with E-state index in [1.165, 1.54) is 23.9 Å². The van der Waals surface area contributed by atoms with Crippen molar-refractivity contribution in [3.63, 3.8) is 0 Å². The van der Waals surface area contributed by atoms with Crippen molar-refractivity contribution in [1.29, 1.82) is 0 Å². The Morgan fingerprint density at radius 1 is 1.16 bits per heavy atom. The lowest BCUT2D eigenvalue weighted by molar-refractivity contribution is 0.598. The molecule has 3 aromatic rings. The number of anilines is 1. The van der Waals surface area contributed by atoms with Gasteiger partial charge in [-0.3, -0.25) is 4.72 Å². The number of nitrogens with one attached hydrogen (secondary N) is 1. The van der Waals surface area contributed by atoms with Crippen molar-refractivity contribution in [2.24, 2.45) is 7.05 Å². The second kappa shape index (κ2) is 6.85. The van der Waals surface area contributed by atoms with Crippen molar-refractivity contribution in [1.82, 2.24) is 14.8 Å². The van der Waals surface area contributed by atoms with Crippen LogP contribution in [0.25, 0.3) is 0 Å². The lowest BCUT2D eigenvalue weighted by atomic mass is 10.2. The number of sulfonamides is 1. The van der Waals surface area contributed by atoms with E-state index >= 15 is 0 Å². The molecule has 25 heavy (non-hydrogen) atoms. The van der Waals surface area contributed by atoms with Gasteiger partial charge in [0.05, 0.1) is 4.90 Å². The fourth-order valence-electron chi connectivity index (χ4n) is 2.19. The maximum atomic E-state index is 13.2. The summed E-state index contributed by atoms with van der Waals surface area (Å²) in [6.07, 6.45) is 1.61. The van der Waals surface area contributed by atoms with Crippen LogP contribution in [0.1, 0.15) is 5.56 Å². The Balaban J connectivity index is 1.77. The molecule has 0 saturated carbocycles. The number of benzene rings is 2. The Hall–Kier alpha value is -2.39. The molecular formula is C16H15FN4O2S2. The summed E-state index contributed by atoms with van der Waals surface area (Å²) in [6, 6.07) is 10.5. The highest BCUT2D eigenvalue weighted by Crippen LogP contribution is 2.27. The second-order valence-corrected chi connectivity index (χ2v) is 8.06. The van der Waals surface area contributed by atoms with Crippen molar-refractivity contribution in [2.75, 3.05) is 4.72 Å². The predicted octanol–water partition coefficient (Wildman–Crippen LogP) is 3.21. The zero-order chi connectivity index (χ0) is 18.0. The van der Waals surface area contributed by atoms with E-state index in [4.69, 9.17) is 0 Å². The lowest BCUT2D eigenvalue weighted by Gasteiger charge is -2.11. The van der Waals surface area contributed by atoms with Gasteiger partial charge in [-0.1, -0.05) is 0 Å². The van der Waals surface area contributed by atoms with Crippen LogP contribution in [0.4, 0.5) is 10.1 Å². The summed E-state index contributed by atoms with van der Waals surface area (Å²) in [6.45, 7) is 1.55. The molecule has 0 spiro atoms. The van der Waals surface area contributed by atoms with Crippen molar-refractivity contribution >= 4 is 27.5 Å². The summed E-state index contributed by atoms with van der Waals surface area (Å²) in [4.78, 5) is 0.948. The van der Waals surface area contributed by atoms with Gasteiger partial charge in [-0.2, -0.15) is 0 Å². The number of halogens is 1. The monoisotopic (exact) mass is 378 g/mol. The zero-order valence-corrected chi connectivity index (χ0v) is 15.1. The number of aromatic nitrogens is 3. The Morgan fingerprint density at radius 3 is 2.48 bits per heavy atom. The maximum absolute atomic E-state index is 13.2. The zero-order valence-electron chi connectivity index (χ0n) is 13.5. The highest BCUT2D eigenvalue weighted by Gasteiger charge is 2.17. The van der Waals surface area contributed by atoms with Gasteiger partial charge in [-0.25, -0.2) is 12.8 Å². The molecule has 0 aliphatic heterocycles. The minimum atomic E-state index is -3.78. The summed E-state index contributed by atoms with van der Waals surface area (Å²) in [7, 11) is -1.94. The van der Waals surface area contributed by atoms with Gasteiger partial charge in [0, 0.05) is 17.6 Å². The van der Waals surface area contributed by atoms with E-state index in [0.29, 0.717) is 11.3 Å². The van der Waals surface area contributed by atoms with Gasteiger partial charge < -0.3 is 4.57 Å². The average Bonchev–Trinajstić information content (AvgIpc) is 2.93. The first-order valence-corrected chi connectivity index (χ1v) is 9.56. The van der Waals surface area contributed by atoms with E-state index in [0.717, 1.165) is 16.1 Å². The van der Waals surface area contributed by atoms with E-state index < -0.39 is 15.8 Å². The van der Waals surface area contributed by atoms with Gasteiger partial charge in [0.15, 0.2) is 5.16 Å². The molecule has 2 aromatic carbocycles. The quantitative estimate of drug-likeness (QED) is 0.738. The van der Waals surface area contributed by atoms with Crippen LogP contribution in [0.5, 0.6) is 0 Å². The van der Waals surface area contributed by atoms with E-state index in [-0.39, 0.29) is 4.90 Å². The van der Waals surface area contributed by atoms with Crippen molar-refractivity contribution < 1.29 is 12.8 Å². The van der Waals surface area contributed by atoms with Gasteiger partial charge in [0.2, 0.25) is 0 Å². The summed E-state index contributed by atoms with van der Waals surface area (Å²) in [5.74, 6) is -0.471. The fourth-order valence-corrected chi connectivity index (χ4v) is 4.23. The second-order valence-electron chi connectivity index (χ2n) is 5.37. The number of hydrogen-bond donors (Lipinski definition) is 1. The van der Waals surface area contributed by atoms with Gasteiger partial charge in [0.25, 0.3) is 10.0 Å². The molecule has 0 unspecified atom stereocenters. The molecule has 3 rings (SSSR count). The highest BCUT2D eigenvalue weighted by molar-refractivity contribution is 7.99. The first-order valence-electron chi connectivity index (χ1n) is 7.26. The molecule has 6 nitrogen and oxygen atoms in total. The number of hydrogen-bond acceptors (Lipinski definition) is 5. The third kappa shape index (κ3) is 3.99. The third-order valence-electron chi connectivity index (χ3n) is 3.41. The molecule has 1 heterocycles. The molecule has 9 heteroatoms. The standard InChI is InChI=1S/C16H15FN4O2S2/c1-11-9-12(17)3-8-15(11)25(22,23)20-13-4-6-14(7-5-13)24-16-19-18-10-21(16)2/h3-10,20H,1-2H3. The molecule has 1 N–H and O–H groups in total. The summed E-state index contributed by atoms with van der Waals surface area (Å²) in [5.41, 5.74) is 0.771. The van der Waals surface area contributed by atoms with Crippen molar-refractivity contribution in [2.45, 2.75) is 21.9 Å². The minimum Gasteiger partial charge on any atom is -0.311 e. The van der Waals surface area contributed by atoms with Crippen LogP contribution in [0.3, 0.4) is 0 Å². The Kier molecular flexibility index (Phi) is 4.78. The predicted molar refractivity (Wildman–Crippen MR) is 93.5 cm³/mol. The summed E-state index contributed by atoms with van der Waals surface area (Å²) < 4.78 is 42.4. The van der Waals surface area contributed by atoms with Crippen molar-refractivity contribution in [3.05, 3.63) is 60.2 Å². The van der Waals surface area contributed by atoms with E-state index in [1.54, 1.807) is 42.1 Å². The molecule has 0 aliphatic carbocycles. The Morgan fingerprint density at radius 2 is 1.88 bits per heavy atom. The number of nitrogens with zero attached hydrogens (tertiary/aromatic N) is 3. The first-order chi connectivity index (χ1) is 11.8. The topological polar surface area (TPSA) is 76.9 Å². The molecule has 0 radical (unpaired) electrons.